The molecule has 0 bridgehead atoms. The highest BCUT2D eigenvalue weighted by molar-refractivity contribution is 7.89. The highest BCUT2D eigenvalue weighted by atomic mass is 32.2. The number of hydrogen-bond donors (Lipinski definition) is 0. The largest absolute Gasteiger partial charge is 0.338 e. The molecule has 6 nitrogen and oxygen atoms in total. The number of carbonyl (C=O) groups excluding carboxylic acids is 1. The Morgan fingerprint density at radius 3 is 2.65 bits per heavy atom. The van der Waals surface area contributed by atoms with Gasteiger partial charge in [-0.15, -0.1) is 0 Å². The summed E-state index contributed by atoms with van der Waals surface area (Å²) in [6.07, 6.45) is 5.73. The number of aromatic nitrogens is 1. The first kappa shape index (κ1) is 16.4. The zero-order chi connectivity index (χ0) is 16.5. The van der Waals surface area contributed by atoms with Crippen LogP contribution in [0.25, 0.3) is 0 Å². The van der Waals surface area contributed by atoms with Crippen molar-refractivity contribution in [3.05, 3.63) is 30.1 Å². The second-order valence-corrected chi connectivity index (χ2v) is 8.71. The van der Waals surface area contributed by atoms with Crippen LogP contribution in [0.2, 0.25) is 0 Å². The van der Waals surface area contributed by atoms with Gasteiger partial charge in [0.15, 0.2) is 0 Å². The Morgan fingerprint density at radius 1 is 1.22 bits per heavy atom. The van der Waals surface area contributed by atoms with Crippen LogP contribution in [0.4, 0.5) is 0 Å². The maximum Gasteiger partial charge on any atom is 0.230 e. The lowest BCUT2D eigenvalue weighted by Gasteiger charge is -2.38. The Hall–Kier alpha value is -1.47. The van der Waals surface area contributed by atoms with E-state index in [0.717, 1.165) is 24.8 Å². The van der Waals surface area contributed by atoms with Crippen LogP contribution in [0.5, 0.6) is 0 Å². The standard InChI is InChI=1S/C16H23N3O3S/c1-2-23(21,22)19-10-3-6-16(13-19)7-11-18(15(16)20)12-14-4-8-17-9-5-14/h4-5,8-9H,2-3,6-7,10-13H2,1H3/t16-/m0/s1. The van der Waals surface area contributed by atoms with Crippen molar-refractivity contribution in [2.45, 2.75) is 32.7 Å². The predicted octanol–water partition coefficient (Wildman–Crippen LogP) is 1.25. The van der Waals surface area contributed by atoms with Crippen molar-refractivity contribution in [2.75, 3.05) is 25.4 Å². The average Bonchev–Trinajstić information content (AvgIpc) is 2.85. The molecular weight excluding hydrogens is 314 g/mol. The summed E-state index contributed by atoms with van der Waals surface area (Å²) in [5, 5.41) is 0. The van der Waals surface area contributed by atoms with Crippen LogP contribution in [-0.4, -0.2) is 53.9 Å². The Labute approximate surface area is 137 Å². The molecule has 0 aliphatic carbocycles. The summed E-state index contributed by atoms with van der Waals surface area (Å²) in [6, 6.07) is 3.82. The summed E-state index contributed by atoms with van der Waals surface area (Å²) in [4.78, 5) is 18.8. The summed E-state index contributed by atoms with van der Waals surface area (Å²) in [7, 11) is -3.23. The van der Waals surface area contributed by atoms with Crippen molar-refractivity contribution in [2.24, 2.45) is 5.41 Å². The van der Waals surface area contributed by atoms with E-state index in [1.54, 1.807) is 19.3 Å². The van der Waals surface area contributed by atoms with Gasteiger partial charge in [-0.3, -0.25) is 9.78 Å². The molecule has 2 fully saturated rings. The molecular formula is C16H23N3O3S. The van der Waals surface area contributed by atoms with Gasteiger partial charge in [0.1, 0.15) is 0 Å². The van der Waals surface area contributed by atoms with Gasteiger partial charge in [-0.25, -0.2) is 12.7 Å². The van der Waals surface area contributed by atoms with Crippen molar-refractivity contribution >= 4 is 15.9 Å². The molecule has 2 aliphatic rings. The molecule has 3 heterocycles. The molecule has 2 aliphatic heterocycles. The number of amides is 1. The van der Waals surface area contributed by atoms with E-state index in [4.69, 9.17) is 0 Å². The monoisotopic (exact) mass is 337 g/mol. The smallest absolute Gasteiger partial charge is 0.230 e. The number of nitrogens with zero attached hydrogens (tertiary/aromatic N) is 3. The molecule has 0 radical (unpaired) electrons. The van der Waals surface area contributed by atoms with Gasteiger partial charge in [0.25, 0.3) is 0 Å². The SMILES string of the molecule is CCS(=O)(=O)N1CCC[C@]2(CCN(Cc3ccncc3)C2=O)C1. The molecule has 0 unspecified atom stereocenters. The molecule has 126 valence electrons. The minimum atomic E-state index is -3.23. The van der Waals surface area contributed by atoms with Crippen LogP contribution in [0.15, 0.2) is 24.5 Å². The van der Waals surface area contributed by atoms with Crippen LogP contribution in [0.3, 0.4) is 0 Å². The molecule has 23 heavy (non-hydrogen) atoms. The number of hydrogen-bond acceptors (Lipinski definition) is 4. The van der Waals surface area contributed by atoms with Gasteiger partial charge in [0.2, 0.25) is 15.9 Å². The van der Waals surface area contributed by atoms with E-state index >= 15 is 0 Å². The number of likely N-dealkylation sites (tertiary alicyclic amines) is 1. The third-order valence-corrected chi connectivity index (χ3v) is 6.85. The molecule has 0 N–H and O–H groups in total. The number of pyridine rings is 1. The maximum absolute atomic E-state index is 12.9. The van der Waals surface area contributed by atoms with Crippen LogP contribution in [0, 0.1) is 5.41 Å². The molecule has 0 aromatic carbocycles. The lowest BCUT2D eigenvalue weighted by atomic mass is 9.79. The quantitative estimate of drug-likeness (QED) is 0.829. The van der Waals surface area contributed by atoms with Crippen molar-refractivity contribution in [3.63, 3.8) is 0 Å². The molecule has 0 saturated carbocycles. The molecule has 7 heteroatoms. The highest BCUT2D eigenvalue weighted by Gasteiger charge is 2.50. The second kappa shape index (κ2) is 6.20. The van der Waals surface area contributed by atoms with Crippen LogP contribution in [0.1, 0.15) is 31.7 Å². The maximum atomic E-state index is 12.9. The predicted molar refractivity (Wildman–Crippen MR) is 87.0 cm³/mol. The van der Waals surface area contributed by atoms with E-state index < -0.39 is 15.4 Å². The van der Waals surface area contributed by atoms with Gasteiger partial charge >= 0.3 is 0 Å². The van der Waals surface area contributed by atoms with E-state index in [0.29, 0.717) is 26.2 Å². The van der Waals surface area contributed by atoms with Crippen LogP contribution >= 0.6 is 0 Å². The normalized spacial score (nSPS) is 26.1. The van der Waals surface area contributed by atoms with Crippen molar-refractivity contribution in [3.8, 4) is 0 Å². The minimum Gasteiger partial charge on any atom is -0.338 e. The third-order valence-electron chi connectivity index (χ3n) is 5.02. The zero-order valence-electron chi connectivity index (χ0n) is 13.4. The number of piperidine rings is 1. The summed E-state index contributed by atoms with van der Waals surface area (Å²) in [6.45, 7) is 3.80. The van der Waals surface area contributed by atoms with E-state index in [1.807, 2.05) is 17.0 Å². The fraction of sp³-hybridized carbons (Fsp3) is 0.625. The first-order valence-corrected chi connectivity index (χ1v) is 9.74. The topological polar surface area (TPSA) is 70.6 Å². The van der Waals surface area contributed by atoms with Gasteiger partial charge in [0, 0.05) is 38.6 Å². The van der Waals surface area contributed by atoms with Gasteiger partial charge < -0.3 is 4.90 Å². The summed E-state index contributed by atoms with van der Waals surface area (Å²) >= 11 is 0. The van der Waals surface area contributed by atoms with E-state index in [9.17, 15) is 13.2 Å². The summed E-state index contributed by atoms with van der Waals surface area (Å²) < 4.78 is 25.9. The van der Waals surface area contributed by atoms with Crippen molar-refractivity contribution in [1.29, 1.82) is 0 Å². The van der Waals surface area contributed by atoms with E-state index in [2.05, 4.69) is 4.98 Å². The molecule has 1 aromatic heterocycles. The van der Waals surface area contributed by atoms with Crippen LogP contribution in [-0.2, 0) is 21.4 Å². The molecule has 1 amide bonds. The lowest BCUT2D eigenvalue weighted by Crippen LogP contribution is -2.50. The van der Waals surface area contributed by atoms with E-state index in [-0.39, 0.29) is 11.7 Å². The first-order valence-electron chi connectivity index (χ1n) is 8.13. The fourth-order valence-corrected chi connectivity index (χ4v) is 4.86. The van der Waals surface area contributed by atoms with Gasteiger partial charge in [0.05, 0.1) is 11.2 Å². The highest BCUT2D eigenvalue weighted by Crippen LogP contribution is 2.41. The van der Waals surface area contributed by atoms with Gasteiger partial charge in [-0.1, -0.05) is 0 Å². The molecule has 1 aromatic rings. The second-order valence-electron chi connectivity index (χ2n) is 6.45. The van der Waals surface area contributed by atoms with Gasteiger partial charge in [-0.05, 0) is 43.9 Å². The van der Waals surface area contributed by atoms with Crippen molar-refractivity contribution < 1.29 is 13.2 Å². The Balaban J connectivity index is 1.75. The Morgan fingerprint density at radius 2 is 1.96 bits per heavy atom. The third kappa shape index (κ3) is 3.12. The zero-order valence-corrected chi connectivity index (χ0v) is 14.3. The molecule has 3 rings (SSSR count). The van der Waals surface area contributed by atoms with Crippen molar-refractivity contribution in [1.82, 2.24) is 14.2 Å². The lowest BCUT2D eigenvalue weighted by molar-refractivity contribution is -0.138. The molecule has 1 spiro atoms. The van der Waals surface area contributed by atoms with Crippen LogP contribution < -0.4 is 0 Å². The van der Waals surface area contributed by atoms with Gasteiger partial charge in [-0.2, -0.15) is 0 Å². The fourth-order valence-electron chi connectivity index (χ4n) is 3.64. The average molecular weight is 337 g/mol. The summed E-state index contributed by atoms with van der Waals surface area (Å²) in [5.41, 5.74) is 0.535. The number of rotatable bonds is 4. The Kier molecular flexibility index (Phi) is 4.42. The molecule has 1 atom stereocenters. The number of sulfonamides is 1. The number of carbonyl (C=O) groups is 1. The first-order chi connectivity index (χ1) is 11.0. The molecule has 2 saturated heterocycles. The Bertz CT molecular complexity index is 677. The minimum absolute atomic E-state index is 0.0952. The van der Waals surface area contributed by atoms with E-state index in [1.165, 1.54) is 4.31 Å². The summed E-state index contributed by atoms with van der Waals surface area (Å²) in [5.74, 6) is 0.197.